The summed E-state index contributed by atoms with van der Waals surface area (Å²) in [7, 11) is -3.63. The molecule has 1 aromatic heterocycles. The summed E-state index contributed by atoms with van der Waals surface area (Å²) in [5, 5.41) is 7.61. The van der Waals surface area contributed by atoms with Crippen LogP contribution < -0.4 is 4.72 Å². The number of nitrogens with one attached hydrogen (secondary N) is 1. The molecule has 0 aliphatic carbocycles. The van der Waals surface area contributed by atoms with Crippen molar-refractivity contribution in [2.45, 2.75) is 13.8 Å². The quantitative estimate of drug-likeness (QED) is 0.893. The smallest absolute Gasteiger partial charge is 0.266 e. The molecule has 0 saturated carbocycles. The van der Waals surface area contributed by atoms with Crippen LogP contribution in [-0.4, -0.2) is 35.6 Å². The summed E-state index contributed by atoms with van der Waals surface area (Å²) >= 11 is 0. The predicted molar refractivity (Wildman–Crippen MR) is 73.1 cm³/mol. The molecule has 0 saturated heterocycles. The third-order valence-corrected chi connectivity index (χ3v) is 3.22. The summed E-state index contributed by atoms with van der Waals surface area (Å²) in [5.74, 6) is -0.789. The van der Waals surface area contributed by atoms with Gasteiger partial charge in [-0.3, -0.25) is 4.79 Å². The fourth-order valence-corrected chi connectivity index (χ4v) is 2.12. The first-order valence-electron chi connectivity index (χ1n) is 5.79. The van der Waals surface area contributed by atoms with Gasteiger partial charge in [0.2, 0.25) is 10.0 Å². The molecule has 20 heavy (non-hydrogen) atoms. The van der Waals surface area contributed by atoms with Gasteiger partial charge in [-0.05, 0) is 26.0 Å². The van der Waals surface area contributed by atoms with E-state index in [9.17, 15) is 13.2 Å². The topological polar surface area (TPSA) is 93.9 Å². The highest BCUT2D eigenvalue weighted by Crippen LogP contribution is 2.13. The Hall–Kier alpha value is -2.22. The largest absolute Gasteiger partial charge is 0.287 e. The summed E-state index contributed by atoms with van der Waals surface area (Å²) in [6, 6.07) is 7.50. The molecule has 1 amide bonds. The second-order valence-electron chi connectivity index (χ2n) is 4.47. The van der Waals surface area contributed by atoms with Crippen molar-refractivity contribution in [3.05, 3.63) is 41.2 Å². The molecule has 106 valence electrons. The molecule has 0 unspecified atom stereocenters. The van der Waals surface area contributed by atoms with Crippen molar-refractivity contribution in [1.29, 1.82) is 0 Å². The maximum absolute atomic E-state index is 11.8. The number of hydrogen-bond acceptors (Lipinski definition) is 5. The van der Waals surface area contributed by atoms with Crippen LogP contribution >= 0.6 is 0 Å². The zero-order chi connectivity index (χ0) is 14.9. The normalized spacial score (nSPS) is 11.3. The average molecular weight is 294 g/mol. The molecule has 0 aliphatic rings. The van der Waals surface area contributed by atoms with Gasteiger partial charge in [0.1, 0.15) is 0 Å². The number of benzene rings is 1. The second-order valence-corrected chi connectivity index (χ2v) is 6.22. The number of carbonyl (C=O) groups is 1. The Morgan fingerprint density at radius 2 is 1.80 bits per heavy atom. The number of aryl methyl sites for hydroxylation is 1. The summed E-state index contributed by atoms with van der Waals surface area (Å²) < 4.78 is 25.5. The lowest BCUT2D eigenvalue weighted by Crippen LogP contribution is -2.30. The van der Waals surface area contributed by atoms with Gasteiger partial charge in [-0.1, -0.05) is 22.9 Å². The van der Waals surface area contributed by atoms with E-state index in [1.807, 2.05) is 35.9 Å². The standard InChI is InChI=1S/C12H14N4O3S/c1-8-4-6-10(7-5-8)16-9(2)11(13-15-16)12(17)14-20(3,18)19/h4-7H,1-3H3,(H,14,17). The van der Waals surface area contributed by atoms with Crippen molar-refractivity contribution in [3.63, 3.8) is 0 Å². The van der Waals surface area contributed by atoms with Crippen LogP contribution in [0.3, 0.4) is 0 Å². The number of amides is 1. The summed E-state index contributed by atoms with van der Waals surface area (Å²) in [5.41, 5.74) is 2.30. The minimum atomic E-state index is -3.63. The van der Waals surface area contributed by atoms with Crippen LogP contribution in [0, 0.1) is 13.8 Å². The predicted octanol–water partition coefficient (Wildman–Crippen LogP) is 0.574. The molecule has 7 nitrogen and oxygen atoms in total. The minimum absolute atomic E-state index is 0.0176. The van der Waals surface area contributed by atoms with E-state index in [-0.39, 0.29) is 5.69 Å². The van der Waals surface area contributed by atoms with Crippen molar-refractivity contribution in [2.75, 3.05) is 6.26 Å². The van der Waals surface area contributed by atoms with E-state index < -0.39 is 15.9 Å². The van der Waals surface area contributed by atoms with E-state index in [0.29, 0.717) is 5.69 Å². The highest BCUT2D eigenvalue weighted by molar-refractivity contribution is 7.89. The molecule has 0 spiro atoms. The maximum atomic E-state index is 11.8. The Balaban J connectivity index is 2.36. The van der Waals surface area contributed by atoms with Crippen LogP contribution in [0.4, 0.5) is 0 Å². The molecule has 8 heteroatoms. The third kappa shape index (κ3) is 3.02. The van der Waals surface area contributed by atoms with Gasteiger partial charge in [0.25, 0.3) is 5.91 Å². The van der Waals surface area contributed by atoms with Crippen LogP contribution in [0.5, 0.6) is 0 Å². The van der Waals surface area contributed by atoms with Gasteiger partial charge in [0.05, 0.1) is 17.6 Å². The monoisotopic (exact) mass is 294 g/mol. The molecule has 2 aromatic rings. The van der Waals surface area contributed by atoms with Gasteiger partial charge in [0.15, 0.2) is 5.69 Å². The summed E-state index contributed by atoms with van der Waals surface area (Å²) in [6.45, 7) is 3.61. The Kier molecular flexibility index (Phi) is 3.58. The first-order valence-corrected chi connectivity index (χ1v) is 7.68. The van der Waals surface area contributed by atoms with Crippen molar-refractivity contribution in [3.8, 4) is 5.69 Å². The van der Waals surface area contributed by atoms with E-state index in [4.69, 9.17) is 0 Å². The molecular weight excluding hydrogens is 280 g/mol. The fourth-order valence-electron chi connectivity index (χ4n) is 1.69. The highest BCUT2D eigenvalue weighted by atomic mass is 32.2. The second kappa shape index (κ2) is 5.04. The van der Waals surface area contributed by atoms with Gasteiger partial charge >= 0.3 is 0 Å². The number of hydrogen-bond donors (Lipinski definition) is 1. The SMILES string of the molecule is Cc1ccc(-n2nnc(C(=O)NS(C)(=O)=O)c2C)cc1. The van der Waals surface area contributed by atoms with Gasteiger partial charge in [-0.2, -0.15) is 0 Å². The first-order chi connectivity index (χ1) is 9.28. The van der Waals surface area contributed by atoms with E-state index in [1.54, 1.807) is 6.92 Å². The molecule has 0 fully saturated rings. The maximum Gasteiger partial charge on any atom is 0.287 e. The number of carbonyl (C=O) groups excluding carboxylic acids is 1. The molecular formula is C12H14N4O3S. The van der Waals surface area contributed by atoms with Crippen molar-refractivity contribution >= 4 is 15.9 Å². The molecule has 0 bridgehead atoms. The zero-order valence-corrected chi connectivity index (χ0v) is 12.1. The number of sulfonamides is 1. The summed E-state index contributed by atoms with van der Waals surface area (Å²) in [4.78, 5) is 11.8. The molecule has 1 N–H and O–H groups in total. The number of rotatable bonds is 3. The zero-order valence-electron chi connectivity index (χ0n) is 11.3. The van der Waals surface area contributed by atoms with Crippen molar-refractivity contribution in [1.82, 2.24) is 19.7 Å². The molecule has 1 heterocycles. The molecule has 0 atom stereocenters. The van der Waals surface area contributed by atoms with Gasteiger partial charge in [-0.15, -0.1) is 5.10 Å². The molecule has 0 aliphatic heterocycles. The Morgan fingerprint density at radius 1 is 1.20 bits per heavy atom. The van der Waals surface area contributed by atoms with Gasteiger partial charge < -0.3 is 0 Å². The van der Waals surface area contributed by atoms with E-state index in [1.165, 1.54) is 4.68 Å². The lowest BCUT2D eigenvalue weighted by atomic mass is 10.2. The average Bonchev–Trinajstić information content (AvgIpc) is 2.70. The minimum Gasteiger partial charge on any atom is -0.266 e. The molecule has 1 aromatic carbocycles. The number of aromatic nitrogens is 3. The fraction of sp³-hybridized carbons (Fsp3) is 0.250. The van der Waals surface area contributed by atoms with Crippen molar-refractivity contribution in [2.24, 2.45) is 0 Å². The Labute approximate surface area is 116 Å². The van der Waals surface area contributed by atoms with Crippen LogP contribution in [-0.2, 0) is 10.0 Å². The van der Waals surface area contributed by atoms with E-state index in [0.717, 1.165) is 17.5 Å². The third-order valence-electron chi connectivity index (χ3n) is 2.67. The van der Waals surface area contributed by atoms with Crippen LogP contribution in [0.25, 0.3) is 5.69 Å². The molecule has 0 radical (unpaired) electrons. The van der Waals surface area contributed by atoms with Gasteiger partial charge in [-0.25, -0.2) is 17.8 Å². The Bertz CT molecular complexity index is 748. The number of nitrogens with zero attached hydrogens (tertiary/aromatic N) is 3. The Morgan fingerprint density at radius 3 is 2.35 bits per heavy atom. The van der Waals surface area contributed by atoms with E-state index in [2.05, 4.69) is 10.3 Å². The van der Waals surface area contributed by atoms with Crippen LogP contribution in [0.15, 0.2) is 24.3 Å². The lowest BCUT2D eigenvalue weighted by Gasteiger charge is -2.04. The lowest BCUT2D eigenvalue weighted by molar-refractivity contribution is 0.0976. The first kappa shape index (κ1) is 14.2. The molecule has 2 rings (SSSR count). The van der Waals surface area contributed by atoms with E-state index >= 15 is 0 Å². The van der Waals surface area contributed by atoms with Crippen molar-refractivity contribution < 1.29 is 13.2 Å². The summed E-state index contributed by atoms with van der Waals surface area (Å²) in [6.07, 6.45) is 0.907. The highest BCUT2D eigenvalue weighted by Gasteiger charge is 2.19. The van der Waals surface area contributed by atoms with Gasteiger partial charge in [0, 0.05) is 0 Å². The van der Waals surface area contributed by atoms with Crippen LogP contribution in [0.1, 0.15) is 21.7 Å². The van der Waals surface area contributed by atoms with Crippen LogP contribution in [0.2, 0.25) is 0 Å².